The number of aromatic nitrogens is 6. The second kappa shape index (κ2) is 9.25. The zero-order chi connectivity index (χ0) is 26.3. The minimum Gasteiger partial charge on any atom is -0.454 e. The van der Waals surface area contributed by atoms with E-state index in [1.165, 1.54) is 0 Å². The van der Waals surface area contributed by atoms with Crippen LogP contribution in [0.3, 0.4) is 0 Å². The molecule has 0 radical (unpaired) electrons. The topological polar surface area (TPSA) is 131 Å². The number of benzene rings is 2. The molecule has 1 aliphatic heterocycles. The summed E-state index contributed by atoms with van der Waals surface area (Å²) in [4.78, 5) is 29.6. The van der Waals surface area contributed by atoms with Gasteiger partial charge in [-0.05, 0) is 48.4 Å². The van der Waals surface area contributed by atoms with Gasteiger partial charge in [0.2, 0.25) is 12.7 Å². The van der Waals surface area contributed by atoms with Crippen LogP contribution in [0.15, 0.2) is 67.0 Å². The highest BCUT2D eigenvalue weighted by molar-refractivity contribution is 5.97. The molecule has 1 aliphatic rings. The quantitative estimate of drug-likeness (QED) is 0.258. The van der Waals surface area contributed by atoms with E-state index < -0.39 is 0 Å². The summed E-state index contributed by atoms with van der Waals surface area (Å²) in [7, 11) is 0. The summed E-state index contributed by atoms with van der Waals surface area (Å²) in [6.45, 7) is 2.20. The molecule has 0 aliphatic carbocycles. The molecule has 10 nitrogen and oxygen atoms in total. The zero-order valence-corrected chi connectivity index (χ0v) is 21.0. The largest absolute Gasteiger partial charge is 0.454 e. The van der Waals surface area contributed by atoms with E-state index in [9.17, 15) is 4.79 Å². The Morgan fingerprint density at radius 2 is 1.87 bits per heavy atom. The van der Waals surface area contributed by atoms with Crippen molar-refractivity contribution >= 4 is 33.7 Å². The van der Waals surface area contributed by atoms with Crippen LogP contribution in [0.2, 0.25) is 0 Å². The molecule has 0 spiro atoms. The second-order valence-electron chi connectivity index (χ2n) is 9.28. The minimum absolute atomic E-state index is 0.0398. The first-order valence-electron chi connectivity index (χ1n) is 12.7. The third-order valence-corrected chi connectivity index (χ3v) is 6.62. The van der Waals surface area contributed by atoms with Crippen LogP contribution in [0.4, 0.5) is 5.69 Å². The van der Waals surface area contributed by atoms with Gasteiger partial charge in [0.25, 0.3) is 0 Å². The van der Waals surface area contributed by atoms with Gasteiger partial charge in [-0.25, -0.2) is 9.97 Å². The lowest BCUT2D eigenvalue weighted by atomic mass is 10.0. The molecule has 1 amide bonds. The van der Waals surface area contributed by atoms with Crippen LogP contribution < -0.4 is 14.8 Å². The zero-order valence-electron chi connectivity index (χ0n) is 21.0. The number of anilines is 1. The molecule has 4 aromatic heterocycles. The number of carbonyl (C=O) groups is 1. The lowest BCUT2D eigenvalue weighted by Gasteiger charge is -2.06. The van der Waals surface area contributed by atoms with Crippen LogP contribution in [0.5, 0.6) is 11.5 Å². The van der Waals surface area contributed by atoms with Crippen LogP contribution in [-0.2, 0) is 4.79 Å². The van der Waals surface area contributed by atoms with E-state index in [2.05, 4.69) is 25.5 Å². The Hall–Kier alpha value is -5.25. The Labute approximate surface area is 222 Å². The van der Waals surface area contributed by atoms with Crippen molar-refractivity contribution in [2.75, 3.05) is 12.1 Å². The third-order valence-electron chi connectivity index (χ3n) is 6.62. The second-order valence-corrected chi connectivity index (χ2v) is 9.28. The Morgan fingerprint density at radius 3 is 2.79 bits per heavy atom. The van der Waals surface area contributed by atoms with E-state index in [0.29, 0.717) is 34.8 Å². The molecule has 0 atom stereocenters. The molecular weight excluding hydrogens is 494 g/mol. The number of fused-ring (bicyclic) bond motifs is 3. The van der Waals surface area contributed by atoms with Crippen molar-refractivity contribution in [3.63, 3.8) is 0 Å². The highest BCUT2D eigenvalue weighted by atomic mass is 16.7. The van der Waals surface area contributed by atoms with Crippen LogP contribution in [0, 0.1) is 0 Å². The molecule has 0 unspecified atom stereocenters. The molecule has 39 heavy (non-hydrogen) atoms. The van der Waals surface area contributed by atoms with Crippen LogP contribution in [0.1, 0.15) is 19.8 Å². The van der Waals surface area contributed by atoms with Crippen molar-refractivity contribution in [3.05, 3.63) is 67.0 Å². The monoisotopic (exact) mass is 517 g/mol. The number of imidazole rings is 1. The summed E-state index contributed by atoms with van der Waals surface area (Å²) in [6.07, 6.45) is 4.59. The van der Waals surface area contributed by atoms with Crippen molar-refractivity contribution in [1.29, 1.82) is 0 Å². The molecule has 0 saturated carbocycles. The standard InChI is InChI=1S/C29H23N7O3/c1-2-4-25(37)31-18-11-17(13-30-14-18)20-8-9-22-27(32-20)28(36-35-22)29-33-21-6-3-5-19(26(21)34-29)16-7-10-23-24(12-16)39-15-38-23/h3,5-14H,2,4,15H2,1H3,(H,31,37)(H,33,34)(H,35,36). The highest BCUT2D eigenvalue weighted by Crippen LogP contribution is 2.38. The lowest BCUT2D eigenvalue weighted by Crippen LogP contribution is -2.10. The fraction of sp³-hybridized carbons (Fsp3) is 0.138. The van der Waals surface area contributed by atoms with Gasteiger partial charge < -0.3 is 19.8 Å². The smallest absolute Gasteiger partial charge is 0.231 e. The van der Waals surface area contributed by atoms with Gasteiger partial charge >= 0.3 is 0 Å². The van der Waals surface area contributed by atoms with Crippen LogP contribution >= 0.6 is 0 Å². The lowest BCUT2D eigenvalue weighted by molar-refractivity contribution is -0.116. The number of nitrogens with one attached hydrogen (secondary N) is 3. The van der Waals surface area contributed by atoms with Gasteiger partial charge in [-0.1, -0.05) is 25.1 Å². The number of amides is 1. The molecule has 0 bridgehead atoms. The van der Waals surface area contributed by atoms with Crippen molar-refractivity contribution in [2.24, 2.45) is 0 Å². The van der Waals surface area contributed by atoms with E-state index in [-0.39, 0.29) is 12.7 Å². The number of hydrogen-bond donors (Lipinski definition) is 3. The first kappa shape index (κ1) is 22.9. The summed E-state index contributed by atoms with van der Waals surface area (Å²) in [5.74, 6) is 2.02. The summed E-state index contributed by atoms with van der Waals surface area (Å²) >= 11 is 0. The fourth-order valence-electron chi connectivity index (χ4n) is 4.77. The number of nitrogens with zero attached hydrogens (tertiary/aromatic N) is 4. The third kappa shape index (κ3) is 4.11. The van der Waals surface area contributed by atoms with E-state index in [1.807, 2.05) is 61.5 Å². The summed E-state index contributed by atoms with van der Waals surface area (Å²) in [5.41, 5.74) is 7.85. The summed E-state index contributed by atoms with van der Waals surface area (Å²) < 4.78 is 11.0. The maximum atomic E-state index is 12.1. The van der Waals surface area contributed by atoms with Gasteiger partial charge in [-0.2, -0.15) is 5.10 Å². The fourth-order valence-corrected chi connectivity index (χ4v) is 4.77. The van der Waals surface area contributed by atoms with Crippen molar-refractivity contribution in [1.82, 2.24) is 30.1 Å². The summed E-state index contributed by atoms with van der Waals surface area (Å²) in [6, 6.07) is 17.6. The van der Waals surface area contributed by atoms with E-state index in [4.69, 9.17) is 19.4 Å². The van der Waals surface area contributed by atoms with E-state index in [1.54, 1.807) is 12.4 Å². The highest BCUT2D eigenvalue weighted by Gasteiger charge is 2.19. The van der Waals surface area contributed by atoms with Gasteiger partial charge in [-0.3, -0.25) is 14.9 Å². The van der Waals surface area contributed by atoms with Gasteiger partial charge in [0.1, 0.15) is 5.52 Å². The molecule has 3 N–H and O–H groups in total. The average molecular weight is 518 g/mol. The van der Waals surface area contributed by atoms with Gasteiger partial charge in [-0.15, -0.1) is 0 Å². The molecule has 5 heterocycles. The number of hydrogen-bond acceptors (Lipinski definition) is 7. The Morgan fingerprint density at radius 1 is 0.949 bits per heavy atom. The van der Waals surface area contributed by atoms with Crippen LogP contribution in [-0.4, -0.2) is 42.8 Å². The van der Waals surface area contributed by atoms with Crippen molar-refractivity contribution in [3.8, 4) is 45.4 Å². The van der Waals surface area contributed by atoms with Gasteiger partial charge in [0, 0.05) is 23.7 Å². The first-order valence-corrected chi connectivity index (χ1v) is 12.7. The number of aromatic amines is 2. The number of carbonyl (C=O) groups excluding carboxylic acids is 1. The minimum atomic E-state index is -0.0398. The molecule has 7 rings (SSSR count). The normalized spacial score (nSPS) is 12.3. The predicted molar refractivity (Wildman–Crippen MR) is 147 cm³/mol. The maximum absolute atomic E-state index is 12.1. The molecule has 2 aromatic carbocycles. The molecular formula is C29H23N7O3. The molecule has 192 valence electrons. The number of para-hydroxylation sites is 1. The van der Waals surface area contributed by atoms with E-state index in [0.717, 1.165) is 51.2 Å². The first-order chi connectivity index (χ1) is 19.2. The van der Waals surface area contributed by atoms with Gasteiger partial charge in [0.15, 0.2) is 23.0 Å². The predicted octanol–water partition coefficient (Wildman–Crippen LogP) is 5.70. The van der Waals surface area contributed by atoms with Gasteiger partial charge in [0.05, 0.1) is 34.1 Å². The molecule has 10 heteroatoms. The Kier molecular flexibility index (Phi) is 5.43. The van der Waals surface area contributed by atoms with E-state index >= 15 is 0 Å². The summed E-state index contributed by atoms with van der Waals surface area (Å²) in [5, 5.41) is 10.5. The maximum Gasteiger partial charge on any atom is 0.231 e. The number of rotatable bonds is 6. The molecule has 0 saturated heterocycles. The van der Waals surface area contributed by atoms with Crippen molar-refractivity contribution in [2.45, 2.75) is 19.8 Å². The number of ether oxygens (including phenoxy) is 2. The SMILES string of the molecule is CCCC(=O)Nc1cncc(-c2ccc3[nH]nc(-c4nc5c(-c6ccc7c(c6)OCO7)cccc5[nH]4)c3n2)c1. The van der Waals surface area contributed by atoms with Crippen LogP contribution in [0.25, 0.3) is 56.0 Å². The number of pyridine rings is 2. The Balaban J connectivity index is 1.27. The van der Waals surface area contributed by atoms with Crippen molar-refractivity contribution < 1.29 is 14.3 Å². The molecule has 6 aromatic rings. The number of H-pyrrole nitrogens is 2. The molecule has 0 fully saturated rings. The average Bonchev–Trinajstić information content (AvgIpc) is 3.70. The Bertz CT molecular complexity index is 1870.